The maximum Gasteiger partial charge on any atom is 0.262 e. The second-order valence-corrected chi connectivity index (χ2v) is 10.3. The van der Waals surface area contributed by atoms with Gasteiger partial charge in [0, 0.05) is 39.0 Å². The van der Waals surface area contributed by atoms with Crippen LogP contribution in [0.5, 0.6) is 5.75 Å². The molecule has 1 amide bonds. The lowest BCUT2D eigenvalue weighted by molar-refractivity contribution is 0.0281. The monoisotopic (exact) mass is 475 g/mol. The Morgan fingerprint density at radius 3 is 2.61 bits per heavy atom. The van der Waals surface area contributed by atoms with Crippen molar-refractivity contribution in [2.75, 3.05) is 38.6 Å². The number of anilines is 1. The third-order valence-corrected chi connectivity index (χ3v) is 7.40. The molecule has 0 aliphatic carbocycles. The highest BCUT2D eigenvalue weighted by atomic mass is 32.2. The summed E-state index contributed by atoms with van der Waals surface area (Å²) in [6, 6.07) is 11.6. The first-order chi connectivity index (χ1) is 15.6. The van der Waals surface area contributed by atoms with Gasteiger partial charge in [-0.2, -0.15) is 0 Å². The lowest BCUT2D eigenvalue weighted by Crippen LogP contribution is -2.44. The van der Waals surface area contributed by atoms with Gasteiger partial charge in [-0.25, -0.2) is 8.42 Å². The van der Waals surface area contributed by atoms with Crippen LogP contribution in [0.1, 0.15) is 29.8 Å². The third-order valence-electron chi connectivity index (χ3n) is 5.86. The normalized spacial score (nSPS) is 22.5. The summed E-state index contributed by atoms with van der Waals surface area (Å²) in [7, 11) is -0.468. The van der Waals surface area contributed by atoms with Gasteiger partial charge in [0.15, 0.2) is 0 Å². The minimum absolute atomic E-state index is 0.0595. The summed E-state index contributed by atoms with van der Waals surface area (Å²) in [6.07, 6.45) is -0.148. The molecule has 0 spiro atoms. The molecular formula is C24H33N3O5S. The summed E-state index contributed by atoms with van der Waals surface area (Å²) in [5, 5.41) is 3.44. The van der Waals surface area contributed by atoms with E-state index < -0.39 is 10.0 Å². The highest BCUT2D eigenvalue weighted by Gasteiger charge is 2.26. The topological polar surface area (TPSA) is 97.0 Å². The lowest BCUT2D eigenvalue weighted by Gasteiger charge is -2.30. The molecule has 0 bridgehead atoms. The fourth-order valence-corrected chi connectivity index (χ4v) is 5.09. The van der Waals surface area contributed by atoms with Gasteiger partial charge in [0.2, 0.25) is 0 Å². The maximum atomic E-state index is 13.3. The van der Waals surface area contributed by atoms with Gasteiger partial charge in [0.05, 0.1) is 16.6 Å². The Hall–Kier alpha value is -2.62. The first-order valence-corrected chi connectivity index (χ1v) is 12.5. The van der Waals surface area contributed by atoms with E-state index in [4.69, 9.17) is 9.47 Å². The molecule has 180 valence electrons. The van der Waals surface area contributed by atoms with Crippen molar-refractivity contribution in [1.82, 2.24) is 10.2 Å². The minimum Gasteiger partial charge on any atom is -0.491 e. The van der Waals surface area contributed by atoms with E-state index in [2.05, 4.69) is 17.0 Å². The van der Waals surface area contributed by atoms with Gasteiger partial charge >= 0.3 is 0 Å². The minimum atomic E-state index is -3.82. The van der Waals surface area contributed by atoms with Crippen LogP contribution < -0.4 is 14.8 Å². The quantitative estimate of drug-likeness (QED) is 0.706. The van der Waals surface area contributed by atoms with Gasteiger partial charge in [-0.15, -0.1) is 0 Å². The van der Waals surface area contributed by atoms with Crippen LogP contribution in [0.15, 0.2) is 47.4 Å². The van der Waals surface area contributed by atoms with E-state index in [9.17, 15) is 13.2 Å². The second-order valence-electron chi connectivity index (χ2n) is 8.64. The van der Waals surface area contributed by atoms with E-state index in [0.717, 1.165) is 6.54 Å². The maximum absolute atomic E-state index is 13.3. The van der Waals surface area contributed by atoms with Crippen molar-refractivity contribution in [3.8, 4) is 5.75 Å². The number of rotatable bonds is 4. The second kappa shape index (κ2) is 10.5. The molecule has 3 rings (SSSR count). The summed E-state index contributed by atoms with van der Waals surface area (Å²) in [6.45, 7) is 7.32. The summed E-state index contributed by atoms with van der Waals surface area (Å²) in [5.74, 6) is 0.318. The largest absolute Gasteiger partial charge is 0.491 e. The third kappa shape index (κ3) is 6.04. The van der Waals surface area contributed by atoms with Crippen molar-refractivity contribution in [1.29, 1.82) is 0 Å². The van der Waals surface area contributed by atoms with Gasteiger partial charge in [-0.3, -0.25) is 9.52 Å². The fourth-order valence-electron chi connectivity index (χ4n) is 3.79. The van der Waals surface area contributed by atoms with Crippen molar-refractivity contribution in [2.45, 2.75) is 37.8 Å². The number of nitrogens with one attached hydrogen (secondary N) is 2. The molecule has 3 atom stereocenters. The first kappa shape index (κ1) is 25.0. The Kier molecular flexibility index (Phi) is 7.99. The standard InChI is InChI=1S/C24H33N3O5S/c1-16-8-6-7-9-23(16)33(29,30)26-19-10-11-21-20(12-19)24(28)27(4)14-22(31-5)17(2)13-25-18(3)15-32-21/h6-12,17-18,22,25-26H,13-15H2,1-5H3/t17-,18+,22+/m0/s1. The van der Waals surface area contributed by atoms with Crippen molar-refractivity contribution in [3.63, 3.8) is 0 Å². The molecule has 0 aromatic heterocycles. The molecule has 2 aromatic carbocycles. The number of methoxy groups -OCH3 is 1. The molecule has 0 radical (unpaired) electrons. The molecular weight excluding hydrogens is 442 g/mol. The molecule has 1 aliphatic heterocycles. The zero-order valence-corrected chi connectivity index (χ0v) is 20.6. The molecule has 2 N–H and O–H groups in total. The summed E-state index contributed by atoms with van der Waals surface area (Å²) < 4.78 is 40.1. The zero-order valence-electron chi connectivity index (χ0n) is 19.8. The van der Waals surface area contributed by atoms with Crippen LogP contribution in [0.25, 0.3) is 0 Å². The number of benzene rings is 2. The number of likely N-dealkylation sites (N-methyl/N-ethyl adjacent to an activating group) is 1. The Balaban J connectivity index is 1.95. The molecule has 1 heterocycles. The van der Waals surface area contributed by atoms with E-state index in [0.29, 0.717) is 24.5 Å². The van der Waals surface area contributed by atoms with Crippen molar-refractivity contribution < 1.29 is 22.7 Å². The van der Waals surface area contributed by atoms with Crippen LogP contribution in [0, 0.1) is 12.8 Å². The number of hydrogen-bond donors (Lipinski definition) is 2. The fraction of sp³-hybridized carbons (Fsp3) is 0.458. The predicted molar refractivity (Wildman–Crippen MR) is 128 cm³/mol. The predicted octanol–water partition coefficient (Wildman–Crippen LogP) is 2.89. The molecule has 33 heavy (non-hydrogen) atoms. The smallest absolute Gasteiger partial charge is 0.262 e. The number of nitrogens with zero attached hydrogens (tertiary/aromatic N) is 1. The Morgan fingerprint density at radius 1 is 1.18 bits per heavy atom. The van der Waals surface area contributed by atoms with E-state index in [-0.39, 0.29) is 40.1 Å². The van der Waals surface area contributed by atoms with Crippen LogP contribution in [-0.4, -0.2) is 65.2 Å². The van der Waals surface area contributed by atoms with Crippen LogP contribution >= 0.6 is 0 Å². The van der Waals surface area contributed by atoms with E-state index >= 15 is 0 Å². The van der Waals surface area contributed by atoms with Crippen LogP contribution in [-0.2, 0) is 14.8 Å². The van der Waals surface area contributed by atoms with Crippen molar-refractivity contribution in [3.05, 3.63) is 53.6 Å². The van der Waals surface area contributed by atoms with E-state index in [1.165, 1.54) is 6.07 Å². The van der Waals surface area contributed by atoms with Crippen LogP contribution in [0.2, 0.25) is 0 Å². The van der Waals surface area contributed by atoms with Gasteiger partial charge in [0.1, 0.15) is 12.4 Å². The summed E-state index contributed by atoms with van der Waals surface area (Å²) in [4.78, 5) is 15.1. The molecule has 0 fully saturated rings. The molecule has 0 saturated heterocycles. The zero-order chi connectivity index (χ0) is 24.2. The molecule has 2 aromatic rings. The average Bonchev–Trinajstić information content (AvgIpc) is 2.78. The number of carbonyl (C=O) groups excluding carboxylic acids is 1. The number of ether oxygens (including phenoxy) is 2. The molecule has 0 saturated carbocycles. The lowest BCUT2D eigenvalue weighted by atomic mass is 10.0. The molecule has 1 aliphatic rings. The Morgan fingerprint density at radius 2 is 1.91 bits per heavy atom. The Bertz CT molecular complexity index is 1090. The summed E-state index contributed by atoms with van der Waals surface area (Å²) in [5.41, 5.74) is 1.21. The first-order valence-electron chi connectivity index (χ1n) is 11.0. The summed E-state index contributed by atoms with van der Waals surface area (Å²) >= 11 is 0. The van der Waals surface area contributed by atoms with E-state index in [1.54, 1.807) is 62.4 Å². The van der Waals surface area contributed by atoms with Gasteiger partial charge < -0.3 is 19.7 Å². The molecule has 0 unspecified atom stereocenters. The number of hydrogen-bond acceptors (Lipinski definition) is 6. The number of aryl methyl sites for hydroxylation is 1. The Labute approximate surface area is 196 Å². The van der Waals surface area contributed by atoms with E-state index in [1.807, 2.05) is 6.92 Å². The number of amides is 1. The number of fused-ring (bicyclic) bond motifs is 1. The highest BCUT2D eigenvalue weighted by Crippen LogP contribution is 2.27. The number of carbonyl (C=O) groups is 1. The number of sulfonamides is 1. The van der Waals surface area contributed by atoms with Crippen molar-refractivity contribution >= 4 is 21.6 Å². The molecule has 8 nitrogen and oxygen atoms in total. The van der Waals surface area contributed by atoms with Crippen LogP contribution in [0.3, 0.4) is 0 Å². The average molecular weight is 476 g/mol. The van der Waals surface area contributed by atoms with Gasteiger partial charge in [-0.05, 0) is 49.6 Å². The van der Waals surface area contributed by atoms with Crippen LogP contribution in [0.4, 0.5) is 5.69 Å². The molecule has 9 heteroatoms. The van der Waals surface area contributed by atoms with Gasteiger partial charge in [-0.1, -0.05) is 25.1 Å². The highest BCUT2D eigenvalue weighted by molar-refractivity contribution is 7.92. The van der Waals surface area contributed by atoms with Crippen molar-refractivity contribution in [2.24, 2.45) is 5.92 Å². The van der Waals surface area contributed by atoms with Gasteiger partial charge in [0.25, 0.3) is 15.9 Å². The SMILES string of the molecule is CO[C@@H]1CN(C)C(=O)c2cc(NS(=O)(=O)c3ccccc3C)ccc2OC[C@@H](C)NC[C@@H]1C.